The molecule has 0 radical (unpaired) electrons. The van der Waals surface area contributed by atoms with Gasteiger partial charge in [0, 0.05) is 26.7 Å². The number of likely N-dealkylation sites (N-methyl/N-ethyl adjacent to an activating group) is 1. The molecule has 0 atom stereocenters. The average Bonchev–Trinajstić information content (AvgIpc) is 2.34. The summed E-state index contributed by atoms with van der Waals surface area (Å²) in [5.41, 5.74) is 3.43. The third-order valence-electron chi connectivity index (χ3n) is 2.88. The smallest absolute Gasteiger partial charge is 0.236 e. The van der Waals surface area contributed by atoms with Crippen LogP contribution in [0.15, 0.2) is 18.2 Å². The fourth-order valence-electron chi connectivity index (χ4n) is 1.82. The Bertz CT molecular complexity index is 409. The molecule has 0 spiro atoms. The highest BCUT2D eigenvalue weighted by molar-refractivity contribution is 5.78. The van der Waals surface area contributed by atoms with Gasteiger partial charge in [0.15, 0.2) is 0 Å². The van der Waals surface area contributed by atoms with Crippen molar-refractivity contribution in [2.24, 2.45) is 5.84 Å². The van der Waals surface area contributed by atoms with Crippen molar-refractivity contribution in [3.8, 4) is 0 Å². The number of nitrogens with zero attached hydrogens (tertiary/aromatic N) is 3. The molecule has 1 amide bonds. The monoisotopic (exact) mass is 235 g/mol. The standard InChI is InChI=1S/C11H17N5O/c1-15-5-6-16(8-11(15)17)7-9-3-2-4-10(13-9)14-12/h2-4H,5-8,12H2,1H3,(H,13,14). The van der Waals surface area contributed by atoms with E-state index in [0.717, 1.165) is 18.8 Å². The number of nitrogens with two attached hydrogens (primary N) is 1. The van der Waals surface area contributed by atoms with Crippen LogP contribution in [0.25, 0.3) is 0 Å². The second kappa shape index (κ2) is 5.11. The van der Waals surface area contributed by atoms with E-state index in [1.807, 2.05) is 19.2 Å². The Morgan fingerprint density at radius 1 is 1.47 bits per heavy atom. The minimum absolute atomic E-state index is 0.157. The second-order valence-corrected chi connectivity index (χ2v) is 4.18. The normalized spacial score (nSPS) is 17.3. The molecule has 2 rings (SSSR count). The van der Waals surface area contributed by atoms with Gasteiger partial charge in [-0.1, -0.05) is 6.07 Å². The lowest BCUT2D eigenvalue weighted by atomic mass is 10.2. The molecule has 0 aromatic carbocycles. The van der Waals surface area contributed by atoms with E-state index >= 15 is 0 Å². The Kier molecular flexibility index (Phi) is 3.55. The number of amides is 1. The number of rotatable bonds is 3. The molecule has 0 bridgehead atoms. The van der Waals surface area contributed by atoms with Crippen molar-refractivity contribution in [1.29, 1.82) is 0 Å². The lowest BCUT2D eigenvalue weighted by Gasteiger charge is -2.31. The SMILES string of the molecule is CN1CCN(Cc2cccc(NN)n2)CC1=O. The van der Waals surface area contributed by atoms with Crippen molar-refractivity contribution in [1.82, 2.24) is 14.8 Å². The first kappa shape index (κ1) is 11.8. The predicted molar refractivity (Wildman–Crippen MR) is 65.0 cm³/mol. The third kappa shape index (κ3) is 2.92. The molecule has 1 saturated heterocycles. The summed E-state index contributed by atoms with van der Waals surface area (Å²) in [5.74, 6) is 6.10. The molecule has 0 aliphatic carbocycles. The highest BCUT2D eigenvalue weighted by Gasteiger charge is 2.20. The molecular weight excluding hydrogens is 218 g/mol. The van der Waals surface area contributed by atoms with E-state index in [1.54, 1.807) is 11.0 Å². The zero-order valence-corrected chi connectivity index (χ0v) is 9.89. The zero-order chi connectivity index (χ0) is 12.3. The van der Waals surface area contributed by atoms with Crippen molar-refractivity contribution in [3.63, 3.8) is 0 Å². The van der Waals surface area contributed by atoms with Crippen molar-refractivity contribution in [3.05, 3.63) is 23.9 Å². The lowest BCUT2D eigenvalue weighted by molar-refractivity contribution is -0.134. The number of carbonyl (C=O) groups excluding carboxylic acids is 1. The van der Waals surface area contributed by atoms with Gasteiger partial charge in [0.1, 0.15) is 5.82 Å². The number of piperazine rings is 1. The molecule has 1 aromatic heterocycles. The largest absolute Gasteiger partial charge is 0.343 e. The average molecular weight is 235 g/mol. The number of nitrogen functional groups attached to an aromatic ring is 1. The summed E-state index contributed by atoms with van der Waals surface area (Å²) >= 11 is 0. The highest BCUT2D eigenvalue weighted by Crippen LogP contribution is 2.09. The number of aromatic nitrogens is 1. The summed E-state index contributed by atoms with van der Waals surface area (Å²) in [4.78, 5) is 19.7. The van der Waals surface area contributed by atoms with Gasteiger partial charge < -0.3 is 10.3 Å². The van der Waals surface area contributed by atoms with E-state index in [9.17, 15) is 4.79 Å². The van der Waals surface area contributed by atoms with Crippen LogP contribution in [0, 0.1) is 0 Å². The van der Waals surface area contributed by atoms with Crippen LogP contribution in [0.2, 0.25) is 0 Å². The van der Waals surface area contributed by atoms with Gasteiger partial charge in [0.25, 0.3) is 0 Å². The molecule has 1 aromatic rings. The van der Waals surface area contributed by atoms with Crippen LogP contribution >= 0.6 is 0 Å². The van der Waals surface area contributed by atoms with Crippen LogP contribution in [-0.2, 0) is 11.3 Å². The van der Waals surface area contributed by atoms with Crippen LogP contribution in [-0.4, -0.2) is 47.4 Å². The Hall–Kier alpha value is -1.66. The van der Waals surface area contributed by atoms with Crippen LogP contribution < -0.4 is 11.3 Å². The van der Waals surface area contributed by atoms with Gasteiger partial charge in [-0.3, -0.25) is 9.69 Å². The molecule has 2 heterocycles. The van der Waals surface area contributed by atoms with E-state index in [1.165, 1.54) is 0 Å². The zero-order valence-electron chi connectivity index (χ0n) is 9.89. The van der Waals surface area contributed by atoms with Crippen LogP contribution in [0.1, 0.15) is 5.69 Å². The predicted octanol–water partition coefficient (Wildman–Crippen LogP) is -0.359. The summed E-state index contributed by atoms with van der Waals surface area (Å²) in [7, 11) is 1.83. The molecule has 1 fully saturated rings. The van der Waals surface area contributed by atoms with Crippen molar-refractivity contribution < 1.29 is 4.79 Å². The van der Waals surface area contributed by atoms with Gasteiger partial charge in [0.05, 0.1) is 12.2 Å². The minimum Gasteiger partial charge on any atom is -0.343 e. The first-order valence-electron chi connectivity index (χ1n) is 5.58. The van der Waals surface area contributed by atoms with E-state index in [2.05, 4.69) is 15.3 Å². The van der Waals surface area contributed by atoms with Crippen LogP contribution in [0.5, 0.6) is 0 Å². The maximum Gasteiger partial charge on any atom is 0.236 e. The number of carbonyl (C=O) groups is 1. The Balaban J connectivity index is 1.98. The summed E-state index contributed by atoms with van der Waals surface area (Å²) < 4.78 is 0. The molecule has 1 aliphatic heterocycles. The maximum absolute atomic E-state index is 11.5. The quantitative estimate of drug-likeness (QED) is 0.553. The molecule has 17 heavy (non-hydrogen) atoms. The first-order chi connectivity index (χ1) is 8.19. The molecule has 6 heteroatoms. The third-order valence-corrected chi connectivity index (χ3v) is 2.88. The number of hydrogen-bond acceptors (Lipinski definition) is 5. The van der Waals surface area contributed by atoms with Gasteiger partial charge >= 0.3 is 0 Å². The maximum atomic E-state index is 11.5. The number of pyridine rings is 1. The summed E-state index contributed by atoms with van der Waals surface area (Å²) in [5, 5.41) is 0. The van der Waals surface area contributed by atoms with E-state index in [0.29, 0.717) is 18.9 Å². The minimum atomic E-state index is 0.157. The Labute approximate surface area is 100 Å². The topological polar surface area (TPSA) is 74.5 Å². The van der Waals surface area contributed by atoms with Gasteiger partial charge in [0.2, 0.25) is 5.91 Å². The molecule has 0 unspecified atom stereocenters. The summed E-state index contributed by atoms with van der Waals surface area (Å²) in [6.45, 7) is 2.78. The van der Waals surface area contributed by atoms with Crippen molar-refractivity contribution in [2.45, 2.75) is 6.54 Å². The number of hydrogen-bond donors (Lipinski definition) is 2. The van der Waals surface area contributed by atoms with Gasteiger partial charge in [-0.2, -0.15) is 0 Å². The number of nitrogens with one attached hydrogen (secondary N) is 1. The lowest BCUT2D eigenvalue weighted by Crippen LogP contribution is -2.48. The highest BCUT2D eigenvalue weighted by atomic mass is 16.2. The molecule has 92 valence electrons. The summed E-state index contributed by atoms with van der Waals surface area (Å²) in [6.07, 6.45) is 0. The van der Waals surface area contributed by atoms with Crippen LogP contribution in [0.4, 0.5) is 5.82 Å². The fraction of sp³-hybridized carbons (Fsp3) is 0.455. The fourth-order valence-corrected chi connectivity index (χ4v) is 1.82. The molecule has 0 saturated carbocycles. The molecular formula is C11H17N5O. The second-order valence-electron chi connectivity index (χ2n) is 4.18. The number of hydrazine groups is 1. The van der Waals surface area contributed by atoms with Crippen LogP contribution in [0.3, 0.4) is 0 Å². The molecule has 3 N–H and O–H groups in total. The first-order valence-corrected chi connectivity index (χ1v) is 5.58. The van der Waals surface area contributed by atoms with Gasteiger partial charge in [-0.25, -0.2) is 10.8 Å². The summed E-state index contributed by atoms with van der Waals surface area (Å²) in [6, 6.07) is 5.64. The molecule has 1 aliphatic rings. The number of anilines is 1. The molecule has 6 nitrogen and oxygen atoms in total. The van der Waals surface area contributed by atoms with E-state index in [-0.39, 0.29) is 5.91 Å². The van der Waals surface area contributed by atoms with E-state index in [4.69, 9.17) is 5.84 Å². The van der Waals surface area contributed by atoms with Gasteiger partial charge in [-0.15, -0.1) is 0 Å². The van der Waals surface area contributed by atoms with Gasteiger partial charge in [-0.05, 0) is 12.1 Å². The Morgan fingerprint density at radius 2 is 2.29 bits per heavy atom. The van der Waals surface area contributed by atoms with E-state index < -0.39 is 0 Å². The van der Waals surface area contributed by atoms with Crippen molar-refractivity contribution in [2.75, 3.05) is 32.1 Å². The Morgan fingerprint density at radius 3 is 3.00 bits per heavy atom. The van der Waals surface area contributed by atoms with Crippen molar-refractivity contribution >= 4 is 11.7 Å².